The number of ether oxygens (including phenoxy) is 1. The van der Waals surface area contributed by atoms with Crippen molar-refractivity contribution in [2.45, 2.75) is 19.8 Å². The van der Waals surface area contributed by atoms with E-state index in [1.807, 2.05) is 12.1 Å². The van der Waals surface area contributed by atoms with E-state index in [1.165, 1.54) is 17.0 Å². The molecule has 1 aromatic heterocycles. The van der Waals surface area contributed by atoms with Crippen molar-refractivity contribution >= 4 is 0 Å². The van der Waals surface area contributed by atoms with E-state index in [9.17, 15) is 0 Å². The average Bonchev–Trinajstić information content (AvgIpc) is 2.49. The van der Waals surface area contributed by atoms with Crippen LogP contribution < -0.4 is 4.74 Å². The van der Waals surface area contributed by atoms with Gasteiger partial charge >= 0.3 is 0 Å². The van der Waals surface area contributed by atoms with E-state index < -0.39 is 0 Å². The number of aryl methyl sites for hydroxylation is 3. The van der Waals surface area contributed by atoms with Crippen LogP contribution in [0.25, 0.3) is 0 Å². The van der Waals surface area contributed by atoms with Crippen molar-refractivity contribution in [3.8, 4) is 11.5 Å². The SMILES string of the molecule is Cc1cc2c([nH]1)CCc1ccccc1O2. The fraction of sp³-hybridized carbons (Fsp3) is 0.231. The molecular weight excluding hydrogens is 186 g/mol. The van der Waals surface area contributed by atoms with E-state index in [0.717, 1.165) is 24.3 Å². The first-order valence-corrected chi connectivity index (χ1v) is 5.27. The number of nitrogens with one attached hydrogen (secondary N) is 1. The molecule has 1 N–H and O–H groups in total. The zero-order valence-electron chi connectivity index (χ0n) is 8.71. The van der Waals surface area contributed by atoms with Crippen molar-refractivity contribution < 1.29 is 4.74 Å². The normalized spacial score (nSPS) is 13.7. The zero-order chi connectivity index (χ0) is 10.3. The van der Waals surface area contributed by atoms with Crippen molar-refractivity contribution in [1.29, 1.82) is 0 Å². The van der Waals surface area contributed by atoms with Gasteiger partial charge in [0.15, 0.2) is 0 Å². The third-order valence-corrected chi connectivity index (χ3v) is 2.83. The first-order chi connectivity index (χ1) is 7.33. The molecule has 2 aromatic rings. The lowest BCUT2D eigenvalue weighted by atomic mass is 10.1. The Hall–Kier alpha value is -1.70. The standard InChI is InChI=1S/C13H13NO/c1-9-8-13-11(14-9)7-6-10-4-2-3-5-12(10)15-13/h2-5,8,14H,6-7H2,1H3. The second-order valence-corrected chi connectivity index (χ2v) is 4.00. The Morgan fingerprint density at radius 1 is 1.13 bits per heavy atom. The number of hydrogen-bond acceptors (Lipinski definition) is 1. The van der Waals surface area contributed by atoms with Crippen LogP contribution in [0, 0.1) is 6.92 Å². The number of hydrogen-bond donors (Lipinski definition) is 1. The molecule has 76 valence electrons. The Morgan fingerprint density at radius 2 is 2.00 bits per heavy atom. The van der Waals surface area contributed by atoms with E-state index in [0.29, 0.717) is 0 Å². The molecule has 15 heavy (non-hydrogen) atoms. The van der Waals surface area contributed by atoms with Crippen LogP contribution in [0.1, 0.15) is 17.0 Å². The van der Waals surface area contributed by atoms with E-state index in [-0.39, 0.29) is 0 Å². The highest BCUT2D eigenvalue weighted by atomic mass is 16.5. The molecule has 0 saturated carbocycles. The Balaban J connectivity index is 2.08. The molecule has 3 rings (SSSR count). The lowest BCUT2D eigenvalue weighted by Crippen LogP contribution is -1.89. The van der Waals surface area contributed by atoms with Crippen molar-refractivity contribution in [1.82, 2.24) is 4.98 Å². The molecule has 1 aromatic carbocycles. The summed E-state index contributed by atoms with van der Waals surface area (Å²) in [5, 5.41) is 0. The largest absolute Gasteiger partial charge is 0.455 e. The summed E-state index contributed by atoms with van der Waals surface area (Å²) in [6, 6.07) is 10.3. The fourth-order valence-corrected chi connectivity index (χ4v) is 2.08. The van der Waals surface area contributed by atoms with E-state index in [1.54, 1.807) is 0 Å². The summed E-state index contributed by atoms with van der Waals surface area (Å²) in [5.74, 6) is 1.98. The van der Waals surface area contributed by atoms with Crippen LogP contribution in [-0.2, 0) is 12.8 Å². The molecule has 0 atom stereocenters. The van der Waals surface area contributed by atoms with Gasteiger partial charge in [0.1, 0.15) is 11.5 Å². The topological polar surface area (TPSA) is 25.0 Å². The first-order valence-electron chi connectivity index (χ1n) is 5.27. The number of para-hydroxylation sites is 1. The zero-order valence-corrected chi connectivity index (χ0v) is 8.71. The molecule has 2 heterocycles. The molecule has 1 aliphatic rings. The number of rotatable bonds is 0. The predicted molar refractivity (Wildman–Crippen MR) is 59.5 cm³/mol. The highest BCUT2D eigenvalue weighted by Gasteiger charge is 2.15. The first kappa shape index (κ1) is 8.60. The van der Waals surface area contributed by atoms with Gasteiger partial charge in [-0.05, 0) is 31.4 Å². The maximum absolute atomic E-state index is 5.89. The summed E-state index contributed by atoms with van der Waals surface area (Å²) < 4.78 is 5.89. The van der Waals surface area contributed by atoms with Gasteiger partial charge in [-0.15, -0.1) is 0 Å². The van der Waals surface area contributed by atoms with Gasteiger partial charge in [-0.1, -0.05) is 18.2 Å². The third-order valence-electron chi connectivity index (χ3n) is 2.83. The van der Waals surface area contributed by atoms with Gasteiger partial charge in [0.05, 0.1) is 5.69 Å². The fourth-order valence-electron chi connectivity index (χ4n) is 2.08. The maximum atomic E-state index is 5.89. The highest BCUT2D eigenvalue weighted by Crippen LogP contribution is 2.33. The van der Waals surface area contributed by atoms with Gasteiger partial charge in [0, 0.05) is 11.8 Å². The summed E-state index contributed by atoms with van der Waals surface area (Å²) in [6.45, 7) is 2.06. The summed E-state index contributed by atoms with van der Waals surface area (Å²) in [4.78, 5) is 3.35. The summed E-state index contributed by atoms with van der Waals surface area (Å²) in [5.41, 5.74) is 3.67. The Kier molecular flexibility index (Phi) is 1.81. The second kappa shape index (κ2) is 3.16. The number of aromatic amines is 1. The lowest BCUT2D eigenvalue weighted by molar-refractivity contribution is 0.480. The molecule has 1 aliphatic heterocycles. The number of H-pyrrole nitrogens is 1. The summed E-state index contributed by atoms with van der Waals surface area (Å²) in [7, 11) is 0. The molecule has 0 bridgehead atoms. The molecule has 0 radical (unpaired) electrons. The van der Waals surface area contributed by atoms with Gasteiger partial charge in [-0.25, -0.2) is 0 Å². The molecule has 2 nitrogen and oxygen atoms in total. The van der Waals surface area contributed by atoms with Gasteiger partial charge in [0.2, 0.25) is 0 Å². The van der Waals surface area contributed by atoms with Crippen molar-refractivity contribution in [3.05, 3.63) is 47.3 Å². The van der Waals surface area contributed by atoms with Crippen LogP contribution in [0.15, 0.2) is 30.3 Å². The lowest BCUT2D eigenvalue weighted by Gasteiger charge is -2.05. The van der Waals surface area contributed by atoms with Crippen molar-refractivity contribution in [2.24, 2.45) is 0 Å². The van der Waals surface area contributed by atoms with Crippen LogP contribution >= 0.6 is 0 Å². The number of benzene rings is 1. The maximum Gasteiger partial charge on any atom is 0.148 e. The van der Waals surface area contributed by atoms with Gasteiger partial charge in [-0.2, -0.15) is 0 Å². The number of fused-ring (bicyclic) bond motifs is 2. The average molecular weight is 199 g/mol. The van der Waals surface area contributed by atoms with Crippen molar-refractivity contribution in [2.75, 3.05) is 0 Å². The quantitative estimate of drug-likeness (QED) is 0.692. The molecule has 0 spiro atoms. The molecule has 2 heteroatoms. The smallest absolute Gasteiger partial charge is 0.148 e. The monoisotopic (exact) mass is 199 g/mol. The minimum Gasteiger partial charge on any atom is -0.455 e. The van der Waals surface area contributed by atoms with E-state index >= 15 is 0 Å². The van der Waals surface area contributed by atoms with Crippen molar-refractivity contribution in [3.63, 3.8) is 0 Å². The Bertz CT molecular complexity index is 499. The van der Waals surface area contributed by atoms with E-state index in [4.69, 9.17) is 4.74 Å². The molecule has 0 amide bonds. The second-order valence-electron chi connectivity index (χ2n) is 4.00. The predicted octanol–water partition coefficient (Wildman–Crippen LogP) is 3.21. The molecule has 0 fully saturated rings. The van der Waals surface area contributed by atoms with Crippen LogP contribution in [0.4, 0.5) is 0 Å². The Morgan fingerprint density at radius 3 is 2.93 bits per heavy atom. The molecule has 0 aliphatic carbocycles. The summed E-state index contributed by atoms with van der Waals surface area (Å²) >= 11 is 0. The van der Waals surface area contributed by atoms with Gasteiger partial charge in [-0.3, -0.25) is 0 Å². The van der Waals surface area contributed by atoms with Crippen LogP contribution in [0.2, 0.25) is 0 Å². The van der Waals surface area contributed by atoms with Gasteiger partial charge < -0.3 is 9.72 Å². The molecular formula is C13H13NO. The Labute approximate surface area is 88.9 Å². The molecule has 0 saturated heterocycles. The van der Waals surface area contributed by atoms with Crippen LogP contribution in [-0.4, -0.2) is 4.98 Å². The minimum atomic E-state index is 0.984. The minimum absolute atomic E-state index is 0.984. The van der Waals surface area contributed by atoms with Gasteiger partial charge in [0.25, 0.3) is 0 Å². The van der Waals surface area contributed by atoms with Crippen LogP contribution in [0.3, 0.4) is 0 Å². The highest BCUT2D eigenvalue weighted by molar-refractivity contribution is 5.44. The molecule has 0 unspecified atom stereocenters. The summed E-state index contributed by atoms with van der Waals surface area (Å²) in [6.07, 6.45) is 2.07. The third kappa shape index (κ3) is 1.42. The number of aromatic nitrogens is 1. The van der Waals surface area contributed by atoms with Crippen LogP contribution in [0.5, 0.6) is 11.5 Å². The van der Waals surface area contributed by atoms with E-state index in [2.05, 4.69) is 30.1 Å².